The van der Waals surface area contributed by atoms with Gasteiger partial charge in [-0.25, -0.2) is 0 Å². The maximum absolute atomic E-state index is 12.4. The summed E-state index contributed by atoms with van der Waals surface area (Å²) in [6.45, 7) is 0.226. The van der Waals surface area contributed by atoms with Crippen molar-refractivity contribution in [1.29, 1.82) is 0 Å². The SMILES string of the molecule is COc1ccc(Cl)cc1CN(C)C(=O)c1ccc(OC(F)(F)F)cc1. The van der Waals surface area contributed by atoms with Crippen LogP contribution >= 0.6 is 11.6 Å². The zero-order chi connectivity index (χ0) is 18.6. The Morgan fingerprint density at radius 3 is 2.36 bits per heavy atom. The highest BCUT2D eigenvalue weighted by atomic mass is 35.5. The van der Waals surface area contributed by atoms with E-state index in [1.165, 1.54) is 24.1 Å². The summed E-state index contributed by atoms with van der Waals surface area (Å²) in [6.07, 6.45) is -4.77. The predicted octanol–water partition coefficient (Wildman–Crippen LogP) is 4.52. The van der Waals surface area contributed by atoms with E-state index in [-0.39, 0.29) is 23.8 Å². The van der Waals surface area contributed by atoms with Gasteiger partial charge in [0.15, 0.2) is 0 Å². The molecule has 25 heavy (non-hydrogen) atoms. The first-order valence-electron chi connectivity index (χ1n) is 7.13. The third-order valence-electron chi connectivity index (χ3n) is 3.33. The van der Waals surface area contributed by atoms with Crippen molar-refractivity contribution in [2.45, 2.75) is 12.9 Å². The highest BCUT2D eigenvalue weighted by molar-refractivity contribution is 6.30. The number of benzene rings is 2. The molecule has 0 saturated heterocycles. The van der Waals surface area contributed by atoms with E-state index in [9.17, 15) is 18.0 Å². The number of nitrogens with zero attached hydrogens (tertiary/aromatic N) is 1. The van der Waals surface area contributed by atoms with Crippen LogP contribution in [0.4, 0.5) is 13.2 Å². The molecule has 0 unspecified atom stereocenters. The molecular weight excluding hydrogens is 359 g/mol. The number of carbonyl (C=O) groups is 1. The van der Waals surface area contributed by atoms with Crippen LogP contribution in [-0.4, -0.2) is 31.3 Å². The van der Waals surface area contributed by atoms with E-state index in [1.54, 1.807) is 25.2 Å². The normalized spacial score (nSPS) is 11.1. The Morgan fingerprint density at radius 2 is 1.80 bits per heavy atom. The predicted molar refractivity (Wildman–Crippen MR) is 86.9 cm³/mol. The Morgan fingerprint density at radius 1 is 1.16 bits per heavy atom. The molecule has 0 aliphatic carbocycles. The van der Waals surface area contributed by atoms with Gasteiger partial charge >= 0.3 is 6.36 Å². The molecule has 134 valence electrons. The molecule has 2 aromatic carbocycles. The molecule has 0 aliphatic heterocycles. The minimum absolute atomic E-state index is 0.226. The Kier molecular flexibility index (Phi) is 5.79. The van der Waals surface area contributed by atoms with Crippen LogP contribution in [0.1, 0.15) is 15.9 Å². The van der Waals surface area contributed by atoms with Gasteiger partial charge in [0.05, 0.1) is 7.11 Å². The van der Waals surface area contributed by atoms with Gasteiger partial charge in [-0.3, -0.25) is 4.79 Å². The third-order valence-corrected chi connectivity index (χ3v) is 3.57. The van der Waals surface area contributed by atoms with Crippen molar-refractivity contribution in [3.05, 3.63) is 58.6 Å². The fourth-order valence-electron chi connectivity index (χ4n) is 2.22. The maximum atomic E-state index is 12.4. The fraction of sp³-hybridized carbons (Fsp3) is 0.235. The molecule has 0 bridgehead atoms. The highest BCUT2D eigenvalue weighted by Crippen LogP contribution is 2.25. The van der Waals surface area contributed by atoms with E-state index in [2.05, 4.69) is 4.74 Å². The van der Waals surface area contributed by atoms with Crippen molar-refractivity contribution in [2.75, 3.05) is 14.2 Å². The van der Waals surface area contributed by atoms with Crippen molar-refractivity contribution in [3.63, 3.8) is 0 Å². The summed E-state index contributed by atoms with van der Waals surface area (Å²) < 4.78 is 45.5. The van der Waals surface area contributed by atoms with Crippen LogP contribution in [0.5, 0.6) is 11.5 Å². The van der Waals surface area contributed by atoms with Gasteiger partial charge in [0.25, 0.3) is 5.91 Å². The van der Waals surface area contributed by atoms with Crippen LogP contribution in [-0.2, 0) is 6.54 Å². The third kappa shape index (κ3) is 5.29. The summed E-state index contributed by atoms with van der Waals surface area (Å²) in [5.74, 6) is -0.165. The molecule has 1 amide bonds. The molecular formula is C17H15ClF3NO3. The summed E-state index contributed by atoms with van der Waals surface area (Å²) in [5, 5.41) is 0.505. The molecule has 2 rings (SSSR count). The van der Waals surface area contributed by atoms with Gasteiger partial charge in [-0.05, 0) is 42.5 Å². The van der Waals surface area contributed by atoms with Gasteiger partial charge in [0.2, 0.25) is 0 Å². The summed E-state index contributed by atoms with van der Waals surface area (Å²) in [7, 11) is 3.08. The second kappa shape index (κ2) is 7.65. The van der Waals surface area contributed by atoms with E-state index in [4.69, 9.17) is 16.3 Å². The van der Waals surface area contributed by atoms with Crippen LogP contribution in [0.15, 0.2) is 42.5 Å². The number of amides is 1. The Balaban J connectivity index is 2.11. The van der Waals surface area contributed by atoms with Gasteiger partial charge in [-0.15, -0.1) is 13.2 Å². The number of carbonyl (C=O) groups excluding carboxylic acids is 1. The van der Waals surface area contributed by atoms with Crippen LogP contribution in [0.3, 0.4) is 0 Å². The van der Waals surface area contributed by atoms with Gasteiger partial charge in [0.1, 0.15) is 11.5 Å². The van der Waals surface area contributed by atoms with Crippen molar-refractivity contribution >= 4 is 17.5 Å². The number of methoxy groups -OCH3 is 1. The number of ether oxygens (including phenoxy) is 2. The first-order valence-corrected chi connectivity index (χ1v) is 7.51. The lowest BCUT2D eigenvalue weighted by molar-refractivity contribution is -0.274. The van der Waals surface area contributed by atoms with Gasteiger partial charge in [-0.2, -0.15) is 0 Å². The summed E-state index contributed by atoms with van der Waals surface area (Å²) in [6, 6.07) is 9.78. The molecule has 2 aromatic rings. The van der Waals surface area contributed by atoms with Crippen molar-refractivity contribution in [1.82, 2.24) is 4.90 Å². The summed E-state index contributed by atoms with van der Waals surface area (Å²) >= 11 is 5.96. The average molecular weight is 374 g/mol. The maximum Gasteiger partial charge on any atom is 0.573 e. The van der Waals surface area contributed by atoms with E-state index in [0.29, 0.717) is 16.3 Å². The van der Waals surface area contributed by atoms with Gasteiger partial charge < -0.3 is 14.4 Å². The summed E-state index contributed by atoms with van der Waals surface area (Å²) in [5.41, 5.74) is 0.945. The Hall–Kier alpha value is -2.41. The minimum atomic E-state index is -4.77. The molecule has 0 aliphatic rings. The molecule has 0 aromatic heterocycles. The average Bonchev–Trinajstić information content (AvgIpc) is 2.53. The molecule has 0 spiro atoms. The molecule has 0 atom stereocenters. The smallest absolute Gasteiger partial charge is 0.496 e. The lowest BCUT2D eigenvalue weighted by atomic mass is 10.1. The second-order valence-electron chi connectivity index (χ2n) is 5.19. The molecule has 4 nitrogen and oxygen atoms in total. The van der Waals surface area contributed by atoms with Crippen LogP contribution in [0.25, 0.3) is 0 Å². The molecule has 0 saturated carbocycles. The first kappa shape index (κ1) is 18.9. The Bertz CT molecular complexity index is 748. The number of halogens is 4. The van der Waals surface area contributed by atoms with Crippen molar-refractivity contribution < 1.29 is 27.4 Å². The number of alkyl halides is 3. The molecule has 8 heteroatoms. The lowest BCUT2D eigenvalue weighted by Crippen LogP contribution is -2.26. The number of rotatable bonds is 5. The Labute approximate surface area is 147 Å². The van der Waals surface area contributed by atoms with E-state index >= 15 is 0 Å². The fourth-order valence-corrected chi connectivity index (χ4v) is 2.41. The zero-order valence-corrected chi connectivity index (χ0v) is 14.2. The molecule has 0 N–H and O–H groups in total. The highest BCUT2D eigenvalue weighted by Gasteiger charge is 2.31. The van der Waals surface area contributed by atoms with Gasteiger partial charge in [0, 0.05) is 29.7 Å². The second-order valence-corrected chi connectivity index (χ2v) is 5.63. The van der Waals surface area contributed by atoms with Crippen LogP contribution in [0, 0.1) is 0 Å². The van der Waals surface area contributed by atoms with Gasteiger partial charge in [-0.1, -0.05) is 11.6 Å². The van der Waals surface area contributed by atoms with Crippen molar-refractivity contribution in [2.24, 2.45) is 0 Å². The quantitative estimate of drug-likeness (QED) is 0.773. The van der Waals surface area contributed by atoms with E-state index < -0.39 is 6.36 Å². The molecule has 0 heterocycles. The standard InChI is InChI=1S/C17H15ClF3NO3/c1-22(10-12-9-13(18)5-8-15(12)24-2)16(23)11-3-6-14(7-4-11)25-17(19,20)21/h3-9H,10H2,1-2H3. The molecule has 0 fully saturated rings. The molecule has 0 radical (unpaired) electrons. The minimum Gasteiger partial charge on any atom is -0.496 e. The van der Waals surface area contributed by atoms with Crippen molar-refractivity contribution in [3.8, 4) is 11.5 Å². The monoisotopic (exact) mass is 373 g/mol. The van der Waals surface area contributed by atoms with E-state index in [0.717, 1.165) is 12.1 Å². The van der Waals surface area contributed by atoms with E-state index in [1.807, 2.05) is 0 Å². The first-order chi connectivity index (χ1) is 11.7. The number of hydrogen-bond donors (Lipinski definition) is 0. The number of hydrogen-bond acceptors (Lipinski definition) is 3. The lowest BCUT2D eigenvalue weighted by Gasteiger charge is -2.19. The van der Waals surface area contributed by atoms with Crippen LogP contribution in [0.2, 0.25) is 5.02 Å². The zero-order valence-electron chi connectivity index (χ0n) is 13.4. The van der Waals surface area contributed by atoms with Crippen LogP contribution < -0.4 is 9.47 Å². The summed E-state index contributed by atoms with van der Waals surface area (Å²) in [4.78, 5) is 13.8. The largest absolute Gasteiger partial charge is 0.573 e. The topological polar surface area (TPSA) is 38.8 Å².